The van der Waals surface area contributed by atoms with Crippen LogP contribution in [0.25, 0.3) is 0 Å². The van der Waals surface area contributed by atoms with Crippen molar-refractivity contribution in [3.8, 4) is 0 Å². The van der Waals surface area contributed by atoms with Crippen molar-refractivity contribution in [3.05, 3.63) is 86.3 Å². The number of carbonyl (C=O) groups excluding carboxylic acids is 2. The second kappa shape index (κ2) is 12.4. The fourth-order valence-electron chi connectivity index (χ4n) is 3.09. The summed E-state index contributed by atoms with van der Waals surface area (Å²) in [5.74, 6) is -0.147. The monoisotopic (exact) mass is 499 g/mol. The van der Waals surface area contributed by atoms with Crippen molar-refractivity contribution in [2.24, 2.45) is 0 Å². The van der Waals surface area contributed by atoms with Crippen LogP contribution in [0.2, 0.25) is 5.02 Å². The number of hydrogen-bond acceptors (Lipinski definition) is 6. The number of rotatable bonds is 10. The van der Waals surface area contributed by atoms with E-state index < -0.39 is 5.97 Å². The largest absolute Gasteiger partial charge is 0.462 e. The van der Waals surface area contributed by atoms with Crippen molar-refractivity contribution in [3.63, 3.8) is 0 Å². The van der Waals surface area contributed by atoms with E-state index in [2.05, 4.69) is 15.3 Å². The van der Waals surface area contributed by atoms with E-state index in [9.17, 15) is 14.4 Å². The minimum atomic E-state index is -0.395. The number of amides is 1. The third kappa shape index (κ3) is 7.46. The lowest BCUT2D eigenvalue weighted by molar-refractivity contribution is -0.115. The number of halogens is 1. The molecule has 1 amide bonds. The lowest BCUT2D eigenvalue weighted by atomic mass is 10.1. The number of esters is 1. The van der Waals surface area contributed by atoms with Gasteiger partial charge in [0.2, 0.25) is 5.91 Å². The molecule has 0 fully saturated rings. The normalized spacial score (nSPS) is 10.7. The number of ether oxygens (including phenoxy) is 1. The van der Waals surface area contributed by atoms with E-state index in [1.807, 2.05) is 25.1 Å². The van der Waals surface area contributed by atoms with Gasteiger partial charge in [-0.15, -0.1) is 0 Å². The van der Waals surface area contributed by atoms with Gasteiger partial charge >= 0.3 is 5.97 Å². The minimum Gasteiger partial charge on any atom is -0.462 e. The molecule has 3 rings (SSSR count). The summed E-state index contributed by atoms with van der Waals surface area (Å²) in [5.41, 5.74) is 2.41. The van der Waals surface area contributed by atoms with Crippen LogP contribution in [0, 0.1) is 6.92 Å². The molecule has 9 heteroatoms. The summed E-state index contributed by atoms with van der Waals surface area (Å²) in [5, 5.41) is 3.87. The van der Waals surface area contributed by atoms with Gasteiger partial charge in [0.05, 0.1) is 18.6 Å². The molecule has 1 aromatic heterocycles. The fraction of sp³-hybridized carbons (Fsp3) is 0.280. The van der Waals surface area contributed by atoms with Gasteiger partial charge in [0.1, 0.15) is 0 Å². The molecule has 0 atom stereocenters. The summed E-state index contributed by atoms with van der Waals surface area (Å²) in [4.78, 5) is 44.2. The highest BCUT2D eigenvalue weighted by Crippen LogP contribution is 2.21. The second-order valence-electron chi connectivity index (χ2n) is 7.65. The number of hydrogen-bond donors (Lipinski definition) is 2. The number of anilines is 1. The standard InChI is InChI=1S/C25H26ClN3O4S/c1-3-4-12-33-24(32)18-8-10-20(11-9-18)28-22(30)14-21-16(2)27-25(29-23(21)31)34-15-17-6-5-7-19(26)13-17/h5-11,13H,3-4,12,14-15H2,1-2H3,(H,28,30)(H,27,29,31). The fourth-order valence-corrected chi connectivity index (χ4v) is 4.15. The van der Waals surface area contributed by atoms with Crippen molar-refractivity contribution in [2.45, 2.75) is 44.0 Å². The Morgan fingerprint density at radius 3 is 2.62 bits per heavy atom. The van der Waals surface area contributed by atoms with Crippen LogP contribution in [0.1, 0.15) is 46.9 Å². The van der Waals surface area contributed by atoms with E-state index in [-0.39, 0.29) is 17.9 Å². The molecular formula is C25H26ClN3O4S. The van der Waals surface area contributed by atoms with Gasteiger partial charge in [-0.2, -0.15) is 0 Å². The van der Waals surface area contributed by atoms with E-state index in [0.29, 0.717) is 45.0 Å². The molecule has 0 radical (unpaired) electrons. The maximum Gasteiger partial charge on any atom is 0.338 e. The lowest BCUT2D eigenvalue weighted by Gasteiger charge is -2.09. The van der Waals surface area contributed by atoms with Gasteiger partial charge < -0.3 is 15.0 Å². The molecule has 0 saturated carbocycles. The zero-order valence-corrected chi connectivity index (χ0v) is 20.6. The quantitative estimate of drug-likeness (QED) is 0.173. The summed E-state index contributed by atoms with van der Waals surface area (Å²) >= 11 is 7.39. The molecule has 1 heterocycles. The number of H-pyrrole nitrogens is 1. The Bertz CT molecular complexity index is 1210. The van der Waals surface area contributed by atoms with Gasteiger partial charge in [0, 0.05) is 27.7 Å². The molecule has 0 saturated heterocycles. The van der Waals surface area contributed by atoms with E-state index >= 15 is 0 Å². The summed E-state index contributed by atoms with van der Waals surface area (Å²) in [6.45, 7) is 4.11. The molecule has 0 unspecified atom stereocenters. The van der Waals surface area contributed by atoms with Crippen LogP contribution in [0.5, 0.6) is 0 Å². The van der Waals surface area contributed by atoms with E-state index in [0.717, 1.165) is 18.4 Å². The van der Waals surface area contributed by atoms with Gasteiger partial charge in [0.25, 0.3) is 5.56 Å². The Morgan fingerprint density at radius 2 is 1.94 bits per heavy atom. The van der Waals surface area contributed by atoms with Gasteiger partial charge in [0.15, 0.2) is 5.16 Å². The van der Waals surface area contributed by atoms with Crippen molar-refractivity contribution >= 4 is 40.9 Å². The maximum absolute atomic E-state index is 12.6. The molecule has 3 aromatic rings. The maximum atomic E-state index is 12.6. The average molecular weight is 500 g/mol. The van der Waals surface area contributed by atoms with Crippen molar-refractivity contribution in [1.29, 1.82) is 0 Å². The minimum absolute atomic E-state index is 0.117. The van der Waals surface area contributed by atoms with Crippen LogP contribution in [0.3, 0.4) is 0 Å². The molecule has 7 nitrogen and oxygen atoms in total. The predicted octanol–water partition coefficient (Wildman–Crippen LogP) is 5.16. The third-order valence-corrected chi connectivity index (χ3v) is 6.12. The molecule has 2 N–H and O–H groups in total. The predicted molar refractivity (Wildman–Crippen MR) is 135 cm³/mol. The summed E-state index contributed by atoms with van der Waals surface area (Å²) in [6.07, 6.45) is 1.64. The molecule has 0 bridgehead atoms. The molecule has 0 aliphatic carbocycles. The van der Waals surface area contributed by atoms with Gasteiger partial charge in [-0.1, -0.05) is 48.8 Å². The topological polar surface area (TPSA) is 101 Å². The van der Waals surface area contributed by atoms with Crippen LogP contribution in [0.15, 0.2) is 58.5 Å². The molecule has 2 aromatic carbocycles. The summed E-state index contributed by atoms with van der Waals surface area (Å²) in [7, 11) is 0. The first-order valence-electron chi connectivity index (χ1n) is 10.9. The Hall–Kier alpha value is -3.10. The number of unbranched alkanes of at least 4 members (excludes halogenated alkanes) is 1. The van der Waals surface area contributed by atoms with Gasteiger partial charge in [-0.25, -0.2) is 9.78 Å². The smallest absolute Gasteiger partial charge is 0.338 e. The van der Waals surface area contributed by atoms with E-state index in [1.54, 1.807) is 37.3 Å². The van der Waals surface area contributed by atoms with Crippen LogP contribution in [-0.2, 0) is 21.7 Å². The van der Waals surface area contributed by atoms with Gasteiger partial charge in [-0.3, -0.25) is 9.59 Å². The van der Waals surface area contributed by atoms with Crippen molar-refractivity contribution < 1.29 is 14.3 Å². The average Bonchev–Trinajstić information content (AvgIpc) is 2.81. The van der Waals surface area contributed by atoms with Crippen molar-refractivity contribution in [1.82, 2.24) is 9.97 Å². The third-order valence-electron chi connectivity index (χ3n) is 4.94. The summed E-state index contributed by atoms with van der Waals surface area (Å²) < 4.78 is 5.17. The highest BCUT2D eigenvalue weighted by atomic mass is 35.5. The molecular weight excluding hydrogens is 474 g/mol. The van der Waals surface area contributed by atoms with E-state index in [4.69, 9.17) is 16.3 Å². The zero-order valence-electron chi connectivity index (χ0n) is 19.0. The Labute approximate surface area is 207 Å². The van der Waals surface area contributed by atoms with Crippen LogP contribution < -0.4 is 10.9 Å². The molecule has 0 aliphatic rings. The number of aromatic nitrogens is 2. The van der Waals surface area contributed by atoms with Crippen LogP contribution >= 0.6 is 23.4 Å². The molecule has 178 valence electrons. The number of nitrogens with one attached hydrogen (secondary N) is 2. The zero-order chi connectivity index (χ0) is 24.5. The first kappa shape index (κ1) is 25.5. The number of aromatic amines is 1. The number of thioether (sulfide) groups is 1. The lowest BCUT2D eigenvalue weighted by Crippen LogP contribution is -2.23. The highest BCUT2D eigenvalue weighted by Gasteiger charge is 2.14. The van der Waals surface area contributed by atoms with Crippen molar-refractivity contribution in [2.75, 3.05) is 11.9 Å². The first-order chi connectivity index (χ1) is 16.4. The highest BCUT2D eigenvalue weighted by molar-refractivity contribution is 7.98. The van der Waals surface area contributed by atoms with Crippen LogP contribution in [-0.4, -0.2) is 28.5 Å². The first-order valence-corrected chi connectivity index (χ1v) is 12.3. The number of carbonyl (C=O) groups is 2. The van der Waals surface area contributed by atoms with E-state index in [1.165, 1.54) is 11.8 Å². The number of aryl methyl sites for hydroxylation is 1. The second-order valence-corrected chi connectivity index (χ2v) is 9.05. The number of benzene rings is 2. The summed E-state index contributed by atoms with van der Waals surface area (Å²) in [6, 6.07) is 13.9. The Kier molecular flexibility index (Phi) is 9.30. The Balaban J connectivity index is 1.58. The SMILES string of the molecule is CCCCOC(=O)c1ccc(NC(=O)Cc2c(C)nc(SCc3cccc(Cl)c3)[nH]c2=O)cc1. The molecule has 34 heavy (non-hydrogen) atoms. The number of nitrogens with zero attached hydrogens (tertiary/aromatic N) is 1. The van der Waals surface area contributed by atoms with Gasteiger partial charge in [-0.05, 0) is 55.3 Å². The van der Waals surface area contributed by atoms with Crippen LogP contribution in [0.4, 0.5) is 5.69 Å². The molecule has 0 spiro atoms. The molecule has 0 aliphatic heterocycles. The Morgan fingerprint density at radius 1 is 1.18 bits per heavy atom.